The quantitative estimate of drug-likeness (QED) is 0.0480. The van der Waals surface area contributed by atoms with E-state index in [-0.39, 0.29) is 0 Å². The molecule has 1 nitrogen and oxygen atoms in total. The molecule has 0 aliphatic rings. The zero-order chi connectivity index (χ0) is 26.4. The largest absolute Gasteiger partial charge is 0.326 e. The van der Waals surface area contributed by atoms with Gasteiger partial charge in [-0.05, 0) is 32.1 Å². The van der Waals surface area contributed by atoms with Crippen LogP contribution in [0.4, 0.5) is 0 Å². The van der Waals surface area contributed by atoms with Crippen molar-refractivity contribution in [1.29, 1.82) is 0 Å². The second-order valence-corrected chi connectivity index (χ2v) is 13.6. The summed E-state index contributed by atoms with van der Waals surface area (Å²) in [5.74, 6) is 0. The summed E-state index contributed by atoms with van der Waals surface area (Å²) in [5.41, 5.74) is 0. The van der Waals surface area contributed by atoms with Crippen LogP contribution in [0, 0.1) is 0 Å². The molecule has 0 bridgehead atoms. The smallest absolute Gasteiger partial charge is 0.0784 e. The molecule has 36 heavy (non-hydrogen) atoms. The van der Waals surface area contributed by atoms with Gasteiger partial charge in [-0.15, -0.1) is 0 Å². The summed E-state index contributed by atoms with van der Waals surface area (Å²) >= 11 is 0. The second kappa shape index (κ2) is 29.7. The Morgan fingerprint density at radius 3 is 0.806 bits per heavy atom. The molecule has 0 radical (unpaired) electrons. The molecule has 0 rings (SSSR count). The van der Waals surface area contributed by atoms with E-state index in [1.165, 1.54) is 214 Å². The first-order chi connectivity index (χ1) is 17.7. The fourth-order valence-electron chi connectivity index (χ4n) is 5.90. The van der Waals surface area contributed by atoms with Crippen molar-refractivity contribution >= 4 is 10.2 Å². The maximum Gasteiger partial charge on any atom is 0.0784 e. The molecule has 0 saturated carbocycles. The van der Waals surface area contributed by atoms with Crippen LogP contribution in [0.1, 0.15) is 187 Å². The van der Waals surface area contributed by atoms with Crippen LogP contribution in [0.5, 0.6) is 0 Å². The van der Waals surface area contributed by atoms with Crippen molar-refractivity contribution in [2.75, 3.05) is 26.7 Å². The Kier molecular flexibility index (Phi) is 29.9. The molecule has 0 aliphatic carbocycles. The van der Waals surface area contributed by atoms with Gasteiger partial charge in [-0.3, -0.25) is 0 Å². The summed E-state index contributed by atoms with van der Waals surface area (Å²) in [6.07, 6.45) is 39.7. The standard InChI is InChI=1S/C34H74NSi/c1-4-6-8-10-12-14-16-18-20-22-24-26-28-31-35(3,33-30-34-36)32-29-27-25-23-21-19-17-15-13-11-9-7-5-2/h4-34H2,1-3,36H3/q+1. The predicted octanol–water partition coefficient (Wildman–Crippen LogP) is 10.8. The Labute approximate surface area is 234 Å². The third-order valence-electron chi connectivity index (χ3n) is 8.65. The zero-order valence-electron chi connectivity index (χ0n) is 26.4. The van der Waals surface area contributed by atoms with Crippen LogP contribution in [0.3, 0.4) is 0 Å². The van der Waals surface area contributed by atoms with E-state index < -0.39 is 0 Å². The first-order valence-corrected chi connectivity index (χ1v) is 18.9. The van der Waals surface area contributed by atoms with Gasteiger partial charge in [-0.2, -0.15) is 0 Å². The lowest BCUT2D eigenvalue weighted by Crippen LogP contribution is -2.46. The highest BCUT2D eigenvalue weighted by Crippen LogP contribution is 2.17. The summed E-state index contributed by atoms with van der Waals surface area (Å²) in [6.45, 7) is 8.95. The van der Waals surface area contributed by atoms with Gasteiger partial charge in [0.1, 0.15) is 0 Å². The molecule has 0 aromatic rings. The Morgan fingerprint density at radius 2 is 0.556 bits per heavy atom. The van der Waals surface area contributed by atoms with E-state index in [4.69, 9.17) is 0 Å². The minimum Gasteiger partial charge on any atom is -0.326 e. The summed E-state index contributed by atoms with van der Waals surface area (Å²) in [5, 5.41) is 0. The van der Waals surface area contributed by atoms with Crippen LogP contribution < -0.4 is 0 Å². The van der Waals surface area contributed by atoms with E-state index >= 15 is 0 Å². The van der Waals surface area contributed by atoms with Crippen LogP contribution in [0.2, 0.25) is 6.04 Å². The van der Waals surface area contributed by atoms with Gasteiger partial charge in [0, 0.05) is 10.2 Å². The van der Waals surface area contributed by atoms with E-state index in [1.54, 1.807) is 0 Å². The molecule has 0 fully saturated rings. The minimum absolute atomic E-state index is 1.37. The SMILES string of the molecule is CCCCCCCCCCCCCCC[N+](C)(CCC[SiH3])CCCCCCCCCCCCCCC. The molecule has 0 spiro atoms. The minimum atomic E-state index is 1.37. The van der Waals surface area contributed by atoms with Crippen molar-refractivity contribution < 1.29 is 4.48 Å². The van der Waals surface area contributed by atoms with Gasteiger partial charge < -0.3 is 4.48 Å². The second-order valence-electron chi connectivity index (χ2n) is 12.6. The topological polar surface area (TPSA) is 0 Å². The number of unbranched alkanes of at least 4 members (excludes halogenated alkanes) is 24. The number of nitrogens with zero attached hydrogens (tertiary/aromatic N) is 1. The molecule has 0 unspecified atom stereocenters. The van der Waals surface area contributed by atoms with E-state index in [0.29, 0.717) is 0 Å². The highest BCUT2D eigenvalue weighted by molar-refractivity contribution is 6.08. The van der Waals surface area contributed by atoms with Gasteiger partial charge in [0.15, 0.2) is 0 Å². The molecular weight excluding hydrogens is 450 g/mol. The average molecular weight is 525 g/mol. The normalized spacial score (nSPS) is 12.1. The molecule has 0 atom stereocenters. The first-order valence-electron chi connectivity index (χ1n) is 17.5. The molecule has 0 aliphatic heterocycles. The lowest BCUT2D eigenvalue weighted by atomic mass is 10.0. The van der Waals surface area contributed by atoms with Gasteiger partial charge in [-0.25, -0.2) is 0 Å². The van der Waals surface area contributed by atoms with Crippen LogP contribution >= 0.6 is 0 Å². The number of quaternary nitrogens is 1. The van der Waals surface area contributed by atoms with Crippen LogP contribution in [0.15, 0.2) is 0 Å². The van der Waals surface area contributed by atoms with Crippen LogP contribution in [-0.2, 0) is 0 Å². The Morgan fingerprint density at radius 1 is 0.333 bits per heavy atom. The molecule has 0 aromatic heterocycles. The van der Waals surface area contributed by atoms with E-state index in [9.17, 15) is 0 Å². The van der Waals surface area contributed by atoms with Gasteiger partial charge >= 0.3 is 0 Å². The molecule has 2 heteroatoms. The molecule has 0 N–H and O–H groups in total. The van der Waals surface area contributed by atoms with Gasteiger partial charge in [0.2, 0.25) is 0 Å². The Bertz CT molecular complexity index is 367. The summed E-state index contributed by atoms with van der Waals surface area (Å²) < 4.78 is 1.37. The monoisotopic (exact) mass is 525 g/mol. The number of hydrogen-bond donors (Lipinski definition) is 0. The molecule has 0 aromatic carbocycles. The fourth-order valence-corrected chi connectivity index (χ4v) is 6.21. The van der Waals surface area contributed by atoms with E-state index in [2.05, 4.69) is 20.9 Å². The predicted molar refractivity (Wildman–Crippen MR) is 172 cm³/mol. The summed E-state index contributed by atoms with van der Waals surface area (Å²) in [6, 6.07) is 1.49. The number of rotatable bonds is 31. The molecule has 218 valence electrons. The molecule has 0 heterocycles. The maximum absolute atomic E-state index is 2.58. The average Bonchev–Trinajstić information content (AvgIpc) is 2.88. The molecule has 0 saturated heterocycles. The van der Waals surface area contributed by atoms with Crippen LogP contribution in [0.25, 0.3) is 0 Å². The summed E-state index contributed by atoms with van der Waals surface area (Å²) in [7, 11) is 3.97. The van der Waals surface area contributed by atoms with Crippen molar-refractivity contribution in [2.45, 2.75) is 193 Å². The zero-order valence-corrected chi connectivity index (χ0v) is 28.4. The van der Waals surface area contributed by atoms with Gasteiger partial charge in [-0.1, -0.05) is 161 Å². The first kappa shape index (κ1) is 36.2. The third-order valence-corrected chi connectivity index (χ3v) is 9.36. The number of hydrogen-bond acceptors (Lipinski definition) is 0. The molecular formula is C34H74NSi+. The highest BCUT2D eigenvalue weighted by Gasteiger charge is 2.19. The van der Waals surface area contributed by atoms with Crippen molar-refractivity contribution in [3.63, 3.8) is 0 Å². The van der Waals surface area contributed by atoms with Crippen LogP contribution in [-0.4, -0.2) is 41.4 Å². The lowest BCUT2D eigenvalue weighted by molar-refractivity contribution is -0.910. The third kappa shape index (κ3) is 27.2. The Balaban J connectivity index is 3.64. The lowest BCUT2D eigenvalue weighted by Gasteiger charge is -2.35. The van der Waals surface area contributed by atoms with E-state index in [0.717, 1.165) is 0 Å². The summed E-state index contributed by atoms with van der Waals surface area (Å²) in [4.78, 5) is 0. The Hall–Kier alpha value is 0.177. The van der Waals surface area contributed by atoms with Crippen molar-refractivity contribution in [2.24, 2.45) is 0 Å². The van der Waals surface area contributed by atoms with Crippen molar-refractivity contribution in [3.8, 4) is 0 Å². The highest BCUT2D eigenvalue weighted by atomic mass is 28.1. The van der Waals surface area contributed by atoms with Gasteiger partial charge in [0.05, 0.1) is 26.7 Å². The fraction of sp³-hybridized carbons (Fsp3) is 1.00. The maximum atomic E-state index is 2.58. The molecule has 0 amide bonds. The van der Waals surface area contributed by atoms with Crippen molar-refractivity contribution in [1.82, 2.24) is 0 Å². The van der Waals surface area contributed by atoms with Crippen molar-refractivity contribution in [3.05, 3.63) is 0 Å². The van der Waals surface area contributed by atoms with E-state index in [1.807, 2.05) is 0 Å². The van der Waals surface area contributed by atoms with Gasteiger partial charge in [0.25, 0.3) is 0 Å².